The first kappa shape index (κ1) is 31.6. The molecule has 0 aliphatic heterocycles. The van der Waals surface area contributed by atoms with Crippen molar-refractivity contribution >= 4 is 122 Å². The SMILES string of the molecule is O=C(O)C(Cl)(Cl)Cl.O=C(O)C(Cl)(Cl)Cl.O=C(O)C(Cl)(Cl)Cl.[Sc]. The van der Waals surface area contributed by atoms with Crippen LogP contribution in [0.25, 0.3) is 0 Å². The minimum Gasteiger partial charge on any atom is -0.478 e. The second-order valence-electron chi connectivity index (χ2n) is 2.41. The van der Waals surface area contributed by atoms with Crippen LogP contribution in [0.15, 0.2) is 0 Å². The topological polar surface area (TPSA) is 112 Å². The maximum absolute atomic E-state index is 9.62. The van der Waals surface area contributed by atoms with E-state index in [2.05, 4.69) is 0 Å². The zero-order valence-corrected chi connectivity index (χ0v) is 18.2. The Hall–Kier alpha value is 1.89. The van der Waals surface area contributed by atoms with Crippen molar-refractivity contribution in [3.05, 3.63) is 0 Å². The van der Waals surface area contributed by atoms with Gasteiger partial charge in [-0.1, -0.05) is 104 Å². The van der Waals surface area contributed by atoms with E-state index in [1.807, 2.05) is 0 Å². The number of hydrogen-bond donors (Lipinski definition) is 3. The molecule has 0 saturated carbocycles. The van der Waals surface area contributed by atoms with E-state index in [9.17, 15) is 14.4 Å². The fraction of sp³-hybridized carbons (Fsp3) is 0.500. The van der Waals surface area contributed by atoms with Crippen molar-refractivity contribution in [2.45, 2.75) is 11.4 Å². The summed E-state index contributed by atoms with van der Waals surface area (Å²) in [5.41, 5.74) is 0. The van der Waals surface area contributed by atoms with Crippen LogP contribution in [0.1, 0.15) is 0 Å². The molecule has 0 aromatic heterocycles. The van der Waals surface area contributed by atoms with Gasteiger partial charge in [0.15, 0.2) is 0 Å². The molecule has 6 nitrogen and oxygen atoms in total. The van der Waals surface area contributed by atoms with Gasteiger partial charge in [0.1, 0.15) is 0 Å². The van der Waals surface area contributed by atoms with Crippen LogP contribution in [0.5, 0.6) is 0 Å². The number of carbonyl (C=O) groups is 3. The molecule has 0 aromatic rings. The fourth-order valence-electron chi connectivity index (χ4n) is 0. The van der Waals surface area contributed by atoms with Crippen LogP contribution in [-0.4, -0.2) is 44.6 Å². The fourth-order valence-corrected chi connectivity index (χ4v) is 0. The minimum atomic E-state index is -2.17. The van der Waals surface area contributed by atoms with Gasteiger partial charge < -0.3 is 15.3 Å². The molecule has 0 atom stereocenters. The maximum Gasteiger partial charge on any atom is 0.356 e. The summed E-state index contributed by atoms with van der Waals surface area (Å²) in [4.78, 5) is 28.9. The summed E-state index contributed by atoms with van der Waals surface area (Å²) in [6.45, 7) is 0. The quantitative estimate of drug-likeness (QED) is 0.399. The molecule has 0 amide bonds. The van der Waals surface area contributed by atoms with Gasteiger partial charge in [0.2, 0.25) is 0 Å². The average molecular weight is 535 g/mol. The Balaban J connectivity index is -0.000000108. The molecule has 0 rings (SSSR count). The molecule has 0 saturated heterocycles. The molecule has 129 valence electrons. The Morgan fingerprint density at radius 1 is 0.500 bits per heavy atom. The normalized spacial score (nSPS) is 10.8. The van der Waals surface area contributed by atoms with Crippen molar-refractivity contribution in [3.63, 3.8) is 0 Å². The standard InChI is InChI=1S/3C2HCl3O2.Sc/c3*3-2(4,5)1(6)7;/h3*(H,6,7);. The molecule has 0 heterocycles. The molecule has 16 heteroatoms. The van der Waals surface area contributed by atoms with Gasteiger partial charge in [-0.05, 0) is 0 Å². The van der Waals surface area contributed by atoms with Gasteiger partial charge in [0, 0.05) is 25.8 Å². The molecule has 22 heavy (non-hydrogen) atoms. The summed E-state index contributed by atoms with van der Waals surface area (Å²) < 4.78 is -6.50. The van der Waals surface area contributed by atoms with Crippen molar-refractivity contribution in [3.8, 4) is 0 Å². The zero-order valence-electron chi connectivity index (χ0n) is 9.55. The van der Waals surface area contributed by atoms with Crippen LogP contribution < -0.4 is 0 Å². The van der Waals surface area contributed by atoms with Crippen LogP contribution in [0.2, 0.25) is 0 Å². The summed E-state index contributed by atoms with van der Waals surface area (Å²) in [5.74, 6) is -4.38. The zero-order chi connectivity index (χ0) is 18.2. The number of carboxylic acids is 3. The summed E-state index contributed by atoms with van der Waals surface area (Å²) >= 11 is 43.2. The van der Waals surface area contributed by atoms with E-state index in [-0.39, 0.29) is 25.8 Å². The van der Waals surface area contributed by atoms with Crippen molar-refractivity contribution < 1.29 is 55.5 Å². The summed E-state index contributed by atoms with van der Waals surface area (Å²) in [5, 5.41) is 23.6. The first-order valence-electron chi connectivity index (χ1n) is 3.73. The number of carboxylic acid groups (broad SMARTS) is 3. The van der Waals surface area contributed by atoms with E-state index in [1.54, 1.807) is 0 Å². The Kier molecular flexibility index (Phi) is 18.9. The summed E-state index contributed by atoms with van der Waals surface area (Å²) in [7, 11) is 0. The number of aliphatic carboxylic acids is 3. The predicted molar refractivity (Wildman–Crippen MR) is 83.8 cm³/mol. The number of alkyl halides is 9. The number of hydrogen-bond acceptors (Lipinski definition) is 3. The van der Waals surface area contributed by atoms with E-state index in [1.165, 1.54) is 0 Å². The molecular weight excluding hydrogens is 532 g/mol. The van der Waals surface area contributed by atoms with Crippen molar-refractivity contribution in [1.82, 2.24) is 0 Å². The molecule has 0 fully saturated rings. The van der Waals surface area contributed by atoms with E-state index < -0.39 is 29.3 Å². The smallest absolute Gasteiger partial charge is 0.356 e. The molecule has 0 aromatic carbocycles. The van der Waals surface area contributed by atoms with Crippen LogP contribution in [0.4, 0.5) is 0 Å². The average Bonchev–Trinajstić information content (AvgIpc) is 2.14. The van der Waals surface area contributed by atoms with Gasteiger partial charge in [0.25, 0.3) is 11.4 Å². The Bertz CT molecular complexity index is 313. The number of rotatable bonds is 0. The van der Waals surface area contributed by atoms with E-state index in [4.69, 9.17) is 120 Å². The first-order valence-corrected chi connectivity index (χ1v) is 7.14. The van der Waals surface area contributed by atoms with E-state index >= 15 is 0 Å². The first-order chi connectivity index (χ1) is 8.83. The van der Waals surface area contributed by atoms with Crippen molar-refractivity contribution in [2.75, 3.05) is 0 Å². The van der Waals surface area contributed by atoms with Gasteiger partial charge in [-0.3, -0.25) is 0 Å². The van der Waals surface area contributed by atoms with Crippen molar-refractivity contribution in [2.24, 2.45) is 0 Å². The van der Waals surface area contributed by atoms with Crippen LogP contribution >= 0.6 is 104 Å². The predicted octanol–water partition coefficient (Wildman–Crippen LogP) is 4.32. The minimum absolute atomic E-state index is 0. The summed E-state index contributed by atoms with van der Waals surface area (Å²) in [6, 6.07) is 0. The maximum atomic E-state index is 9.62. The molecule has 1 radical (unpaired) electrons. The molecule has 0 aliphatic carbocycles. The Morgan fingerprint density at radius 2 is 0.545 bits per heavy atom. The van der Waals surface area contributed by atoms with Crippen molar-refractivity contribution in [1.29, 1.82) is 0 Å². The monoisotopic (exact) mass is 531 g/mol. The van der Waals surface area contributed by atoms with Gasteiger partial charge in [0.05, 0.1) is 0 Å². The Labute approximate surface area is 187 Å². The van der Waals surface area contributed by atoms with Gasteiger partial charge >= 0.3 is 17.9 Å². The molecule has 0 aliphatic rings. The van der Waals surface area contributed by atoms with E-state index in [0.717, 1.165) is 0 Å². The summed E-state index contributed by atoms with van der Waals surface area (Å²) in [6.07, 6.45) is 0. The second kappa shape index (κ2) is 13.1. The van der Waals surface area contributed by atoms with Crippen LogP contribution in [0, 0.1) is 0 Å². The number of halogens is 9. The molecular formula is C6H3Cl9O6Sc. The largest absolute Gasteiger partial charge is 0.478 e. The van der Waals surface area contributed by atoms with Gasteiger partial charge in [-0.25, -0.2) is 14.4 Å². The Morgan fingerprint density at radius 3 is 0.545 bits per heavy atom. The third kappa shape index (κ3) is 24.1. The third-order valence-corrected chi connectivity index (χ3v) is 2.18. The van der Waals surface area contributed by atoms with Gasteiger partial charge in [-0.2, -0.15) is 0 Å². The van der Waals surface area contributed by atoms with Gasteiger partial charge in [-0.15, -0.1) is 0 Å². The van der Waals surface area contributed by atoms with Crippen LogP contribution in [0.3, 0.4) is 0 Å². The molecule has 0 spiro atoms. The van der Waals surface area contributed by atoms with Crippen LogP contribution in [-0.2, 0) is 40.2 Å². The molecule has 3 N–H and O–H groups in total. The second-order valence-corrected chi connectivity index (χ2v) is 9.25. The van der Waals surface area contributed by atoms with E-state index in [0.29, 0.717) is 0 Å². The molecule has 0 bridgehead atoms. The third-order valence-electron chi connectivity index (χ3n) is 0.728. The molecule has 0 unspecified atom stereocenters.